The number of ketones is 1. The van der Waals surface area contributed by atoms with Crippen LogP contribution in [0.15, 0.2) is 6.07 Å². The van der Waals surface area contributed by atoms with Gasteiger partial charge in [0.15, 0.2) is 11.5 Å². The third kappa shape index (κ3) is 1.79. The number of halogens is 1. The number of carbonyl (C=O) groups is 1. The Morgan fingerprint density at radius 1 is 1.53 bits per heavy atom. The number of ether oxygens (including phenoxy) is 2. The van der Waals surface area contributed by atoms with E-state index in [-0.39, 0.29) is 12.6 Å². The van der Waals surface area contributed by atoms with Crippen LogP contribution >= 0.6 is 11.6 Å². The molecule has 0 N–H and O–H groups in total. The summed E-state index contributed by atoms with van der Waals surface area (Å²) in [6, 6.07) is 1.85. The fourth-order valence-electron chi connectivity index (χ4n) is 1.63. The summed E-state index contributed by atoms with van der Waals surface area (Å²) in [6.07, 6.45) is 0.335. The van der Waals surface area contributed by atoms with Crippen LogP contribution in [0.5, 0.6) is 11.5 Å². The summed E-state index contributed by atoms with van der Waals surface area (Å²) in [6.45, 7) is 3.64. The number of aryl methyl sites for hydroxylation is 1. The molecule has 0 aromatic heterocycles. The van der Waals surface area contributed by atoms with Gasteiger partial charge in [-0.15, -0.1) is 0 Å². The minimum Gasteiger partial charge on any atom is -0.454 e. The summed E-state index contributed by atoms with van der Waals surface area (Å²) in [4.78, 5) is 11.1. The first-order valence-corrected chi connectivity index (χ1v) is 5.04. The second-order valence-corrected chi connectivity index (χ2v) is 3.98. The van der Waals surface area contributed by atoms with E-state index in [1.54, 1.807) is 6.92 Å². The Morgan fingerprint density at radius 3 is 2.93 bits per heavy atom. The number of carbonyl (C=O) groups excluding carboxylic acids is 1. The van der Waals surface area contributed by atoms with E-state index in [9.17, 15) is 4.79 Å². The van der Waals surface area contributed by atoms with Crippen molar-refractivity contribution in [3.05, 3.63) is 22.2 Å². The highest BCUT2D eigenvalue weighted by Gasteiger charge is 2.22. The molecule has 2 rings (SSSR count). The highest BCUT2D eigenvalue weighted by molar-refractivity contribution is 6.33. The molecule has 0 saturated heterocycles. The summed E-state index contributed by atoms with van der Waals surface area (Å²) in [7, 11) is 0. The van der Waals surface area contributed by atoms with Crippen molar-refractivity contribution < 1.29 is 14.3 Å². The highest BCUT2D eigenvalue weighted by Crippen LogP contribution is 2.42. The first-order chi connectivity index (χ1) is 7.09. The fraction of sp³-hybridized carbons (Fsp3) is 0.364. The Balaban J connectivity index is 2.51. The predicted octanol–water partition coefficient (Wildman–Crippen LogP) is 2.51. The molecule has 0 fully saturated rings. The largest absolute Gasteiger partial charge is 0.454 e. The van der Waals surface area contributed by atoms with Gasteiger partial charge in [-0.1, -0.05) is 11.6 Å². The van der Waals surface area contributed by atoms with Gasteiger partial charge >= 0.3 is 0 Å². The van der Waals surface area contributed by atoms with E-state index in [0.29, 0.717) is 22.9 Å². The van der Waals surface area contributed by atoms with E-state index < -0.39 is 0 Å². The maximum absolute atomic E-state index is 11.1. The summed E-state index contributed by atoms with van der Waals surface area (Å²) in [5.74, 6) is 1.29. The van der Waals surface area contributed by atoms with Gasteiger partial charge in [0.1, 0.15) is 5.78 Å². The van der Waals surface area contributed by atoms with E-state index in [1.165, 1.54) is 0 Å². The van der Waals surface area contributed by atoms with Crippen LogP contribution in [-0.2, 0) is 11.2 Å². The molecule has 1 aliphatic rings. The van der Waals surface area contributed by atoms with Gasteiger partial charge < -0.3 is 9.47 Å². The Hall–Kier alpha value is -1.22. The topological polar surface area (TPSA) is 35.5 Å². The highest BCUT2D eigenvalue weighted by atomic mass is 35.5. The molecule has 0 atom stereocenters. The van der Waals surface area contributed by atoms with Crippen LogP contribution < -0.4 is 9.47 Å². The molecule has 0 aliphatic carbocycles. The number of hydrogen-bond acceptors (Lipinski definition) is 3. The van der Waals surface area contributed by atoms with E-state index in [4.69, 9.17) is 21.1 Å². The number of rotatable bonds is 2. The Labute approximate surface area is 92.9 Å². The van der Waals surface area contributed by atoms with Crippen molar-refractivity contribution in [3.63, 3.8) is 0 Å². The van der Waals surface area contributed by atoms with Crippen LogP contribution in [0.1, 0.15) is 18.1 Å². The average molecular weight is 227 g/mol. The molecule has 0 unspecified atom stereocenters. The molecule has 15 heavy (non-hydrogen) atoms. The standard InChI is InChI=1S/C11H11ClO3/c1-6-3-9-11(15-5-14-9)10(12)8(6)4-7(2)13/h3H,4-5H2,1-2H3. The molecule has 0 bridgehead atoms. The third-order valence-corrected chi connectivity index (χ3v) is 2.75. The molecule has 1 aromatic rings. The van der Waals surface area contributed by atoms with Crippen molar-refractivity contribution in [2.75, 3.05) is 6.79 Å². The van der Waals surface area contributed by atoms with E-state index in [0.717, 1.165) is 11.1 Å². The summed E-state index contributed by atoms with van der Waals surface area (Å²) < 4.78 is 10.5. The van der Waals surface area contributed by atoms with Gasteiger partial charge in [0.25, 0.3) is 0 Å². The maximum atomic E-state index is 11.1. The molecule has 3 nitrogen and oxygen atoms in total. The van der Waals surface area contributed by atoms with Crippen LogP contribution in [-0.4, -0.2) is 12.6 Å². The summed E-state index contributed by atoms with van der Waals surface area (Å²) in [5, 5.41) is 0.498. The molecular formula is C11H11ClO3. The Morgan fingerprint density at radius 2 is 2.27 bits per heavy atom. The van der Waals surface area contributed by atoms with Gasteiger partial charge in [-0.05, 0) is 31.0 Å². The molecule has 0 spiro atoms. The van der Waals surface area contributed by atoms with Crippen molar-refractivity contribution in [1.29, 1.82) is 0 Å². The van der Waals surface area contributed by atoms with Gasteiger partial charge in [0.2, 0.25) is 6.79 Å². The van der Waals surface area contributed by atoms with E-state index in [1.807, 2.05) is 13.0 Å². The second-order valence-electron chi connectivity index (χ2n) is 3.60. The zero-order chi connectivity index (χ0) is 11.0. The molecule has 1 heterocycles. The zero-order valence-corrected chi connectivity index (χ0v) is 9.35. The molecule has 4 heteroatoms. The van der Waals surface area contributed by atoms with Gasteiger partial charge in [-0.3, -0.25) is 4.79 Å². The predicted molar refractivity (Wildman–Crippen MR) is 56.7 cm³/mol. The lowest BCUT2D eigenvalue weighted by Gasteiger charge is -2.09. The van der Waals surface area contributed by atoms with Crippen molar-refractivity contribution in [2.45, 2.75) is 20.3 Å². The SMILES string of the molecule is CC(=O)Cc1c(C)cc2c(c1Cl)OCO2. The number of fused-ring (bicyclic) bond motifs is 1. The second kappa shape index (κ2) is 3.74. The van der Waals surface area contributed by atoms with Crippen molar-refractivity contribution in [1.82, 2.24) is 0 Å². The van der Waals surface area contributed by atoms with Crippen molar-refractivity contribution in [3.8, 4) is 11.5 Å². The monoisotopic (exact) mass is 226 g/mol. The first kappa shape index (κ1) is 10.3. The maximum Gasteiger partial charge on any atom is 0.231 e. The normalized spacial score (nSPS) is 13.0. The van der Waals surface area contributed by atoms with Crippen LogP contribution in [0.2, 0.25) is 5.02 Å². The minimum absolute atomic E-state index is 0.0823. The third-order valence-electron chi connectivity index (χ3n) is 2.36. The van der Waals surface area contributed by atoms with Gasteiger partial charge in [0, 0.05) is 6.42 Å². The lowest BCUT2D eigenvalue weighted by atomic mass is 10.0. The Kier molecular flexibility index (Phi) is 2.57. The van der Waals surface area contributed by atoms with Gasteiger partial charge in [0.05, 0.1) is 5.02 Å². The van der Waals surface area contributed by atoms with Crippen molar-refractivity contribution >= 4 is 17.4 Å². The summed E-state index contributed by atoms with van der Waals surface area (Å²) in [5.41, 5.74) is 1.79. The molecule has 1 aliphatic heterocycles. The van der Waals surface area contributed by atoms with Crippen LogP contribution in [0.4, 0.5) is 0 Å². The van der Waals surface area contributed by atoms with Crippen LogP contribution in [0.3, 0.4) is 0 Å². The van der Waals surface area contributed by atoms with Crippen LogP contribution in [0.25, 0.3) is 0 Å². The molecule has 0 radical (unpaired) electrons. The quantitative estimate of drug-likeness (QED) is 0.777. The minimum atomic E-state index is 0.0823. The number of Topliss-reactive ketones (excluding diaryl/α,β-unsaturated/α-hetero) is 1. The van der Waals surface area contributed by atoms with Crippen LogP contribution in [0, 0.1) is 6.92 Å². The molecule has 80 valence electrons. The number of benzene rings is 1. The van der Waals surface area contributed by atoms with Gasteiger partial charge in [-0.2, -0.15) is 0 Å². The van der Waals surface area contributed by atoms with E-state index >= 15 is 0 Å². The molecular weight excluding hydrogens is 216 g/mol. The first-order valence-electron chi connectivity index (χ1n) is 4.66. The Bertz CT molecular complexity index is 426. The lowest BCUT2D eigenvalue weighted by molar-refractivity contribution is -0.116. The molecule has 0 saturated carbocycles. The number of hydrogen-bond donors (Lipinski definition) is 0. The lowest BCUT2D eigenvalue weighted by Crippen LogP contribution is -2.00. The van der Waals surface area contributed by atoms with Gasteiger partial charge in [-0.25, -0.2) is 0 Å². The molecule has 0 amide bonds. The average Bonchev–Trinajstić information content (AvgIpc) is 2.59. The molecule has 1 aromatic carbocycles. The fourth-order valence-corrected chi connectivity index (χ4v) is 1.99. The zero-order valence-electron chi connectivity index (χ0n) is 8.59. The van der Waals surface area contributed by atoms with E-state index in [2.05, 4.69) is 0 Å². The smallest absolute Gasteiger partial charge is 0.231 e. The summed E-state index contributed by atoms with van der Waals surface area (Å²) >= 11 is 6.15. The van der Waals surface area contributed by atoms with Crippen molar-refractivity contribution in [2.24, 2.45) is 0 Å².